The molecule has 196 valence electrons. The Balaban J connectivity index is 1.80. The van der Waals surface area contributed by atoms with Gasteiger partial charge in [0.05, 0.1) is 38.4 Å². The lowest BCUT2D eigenvalue weighted by Gasteiger charge is -2.38. The Labute approximate surface area is 218 Å². The molecule has 0 radical (unpaired) electrons. The molecule has 1 fully saturated rings. The smallest absolute Gasteiger partial charge is 0.336 e. The van der Waals surface area contributed by atoms with E-state index in [2.05, 4.69) is 0 Å². The fraction of sp³-hybridized carbons (Fsp3) is 0.433. The van der Waals surface area contributed by atoms with Gasteiger partial charge in [0.2, 0.25) is 0 Å². The molecule has 0 N–H and O–H groups in total. The van der Waals surface area contributed by atoms with Crippen LogP contribution >= 0.6 is 0 Å². The van der Waals surface area contributed by atoms with Gasteiger partial charge in [0.15, 0.2) is 11.5 Å². The molecule has 1 saturated carbocycles. The van der Waals surface area contributed by atoms with Crippen LogP contribution in [0.2, 0.25) is 0 Å². The number of aliphatic imine (C=N–C) groups is 1. The van der Waals surface area contributed by atoms with Gasteiger partial charge in [-0.1, -0.05) is 24.3 Å². The molecule has 0 amide bonds. The SMILES string of the molecule is CCOc1ccccc1[C@H]1C(C(=O)OC(C)C)=C(C)N=C2C[C@@H](c3ccc(OC)c(OC)c3)CC(=O)C21. The van der Waals surface area contributed by atoms with Crippen LogP contribution in [-0.4, -0.2) is 44.4 Å². The van der Waals surface area contributed by atoms with Crippen molar-refractivity contribution < 1.29 is 28.5 Å². The fourth-order valence-corrected chi connectivity index (χ4v) is 5.42. The molecule has 37 heavy (non-hydrogen) atoms. The number of fused-ring (bicyclic) bond motifs is 1. The number of para-hydroxylation sites is 1. The quantitative estimate of drug-likeness (QED) is 0.433. The van der Waals surface area contributed by atoms with Crippen LogP contribution in [0.3, 0.4) is 0 Å². The minimum Gasteiger partial charge on any atom is -0.494 e. The van der Waals surface area contributed by atoms with Gasteiger partial charge in [-0.25, -0.2) is 4.79 Å². The lowest BCUT2D eigenvalue weighted by molar-refractivity contribution is -0.143. The Bertz CT molecular complexity index is 1240. The normalized spacial score (nSPS) is 21.3. The maximum atomic E-state index is 13.9. The fourth-order valence-electron chi connectivity index (χ4n) is 5.42. The van der Waals surface area contributed by atoms with E-state index in [1.165, 1.54) is 0 Å². The number of rotatable bonds is 8. The number of ether oxygens (including phenoxy) is 4. The van der Waals surface area contributed by atoms with Crippen molar-refractivity contribution >= 4 is 17.5 Å². The molecule has 1 unspecified atom stereocenters. The van der Waals surface area contributed by atoms with Crippen molar-refractivity contribution in [3.63, 3.8) is 0 Å². The summed E-state index contributed by atoms with van der Waals surface area (Å²) in [6.07, 6.45) is 0.638. The van der Waals surface area contributed by atoms with Gasteiger partial charge in [0, 0.05) is 29.3 Å². The molecule has 0 aromatic heterocycles. The van der Waals surface area contributed by atoms with Crippen molar-refractivity contribution in [2.24, 2.45) is 10.9 Å². The maximum Gasteiger partial charge on any atom is 0.336 e. The first-order valence-corrected chi connectivity index (χ1v) is 12.7. The minimum atomic E-state index is -0.559. The number of benzene rings is 2. The number of Topliss-reactive ketones (excluding diaryl/α,β-unsaturated/α-hetero) is 1. The lowest BCUT2D eigenvalue weighted by Crippen LogP contribution is -2.41. The van der Waals surface area contributed by atoms with Crippen molar-refractivity contribution in [1.29, 1.82) is 0 Å². The van der Waals surface area contributed by atoms with E-state index >= 15 is 0 Å². The molecule has 1 aliphatic carbocycles. The maximum absolute atomic E-state index is 13.9. The van der Waals surface area contributed by atoms with Crippen LogP contribution in [0.15, 0.2) is 58.7 Å². The van der Waals surface area contributed by atoms with E-state index in [-0.39, 0.29) is 17.8 Å². The zero-order valence-corrected chi connectivity index (χ0v) is 22.4. The van der Waals surface area contributed by atoms with E-state index in [1.54, 1.807) is 14.2 Å². The Hall–Kier alpha value is -3.61. The first-order chi connectivity index (χ1) is 17.8. The van der Waals surface area contributed by atoms with Gasteiger partial charge in [-0.2, -0.15) is 0 Å². The van der Waals surface area contributed by atoms with Crippen molar-refractivity contribution in [1.82, 2.24) is 0 Å². The largest absolute Gasteiger partial charge is 0.494 e. The number of allylic oxidation sites excluding steroid dienone is 1. The highest BCUT2D eigenvalue weighted by atomic mass is 16.5. The van der Waals surface area contributed by atoms with Gasteiger partial charge in [-0.15, -0.1) is 0 Å². The number of ketones is 1. The van der Waals surface area contributed by atoms with Gasteiger partial charge in [0.25, 0.3) is 0 Å². The number of hydrogen-bond acceptors (Lipinski definition) is 7. The third-order valence-corrected chi connectivity index (χ3v) is 6.95. The van der Waals surface area contributed by atoms with Gasteiger partial charge >= 0.3 is 5.97 Å². The number of carbonyl (C=O) groups is 2. The summed E-state index contributed by atoms with van der Waals surface area (Å²) in [6.45, 7) is 7.83. The summed E-state index contributed by atoms with van der Waals surface area (Å²) in [7, 11) is 3.20. The third kappa shape index (κ3) is 5.26. The van der Waals surface area contributed by atoms with Crippen LogP contribution < -0.4 is 14.2 Å². The molecule has 4 rings (SSSR count). The van der Waals surface area contributed by atoms with Crippen molar-refractivity contribution in [3.05, 3.63) is 64.9 Å². The highest BCUT2D eigenvalue weighted by molar-refractivity contribution is 6.12. The Kier molecular flexibility index (Phi) is 8.00. The standard InChI is InChI=1S/C30H35NO6/c1-7-36-24-11-9-8-10-21(24)28-27(30(33)37-17(2)3)18(4)31-22-14-20(15-23(32)29(22)28)19-12-13-25(34-5)26(16-19)35-6/h8-13,16-17,20,28-29H,7,14-15H2,1-6H3/t20-,28+,29?/m1/s1. The lowest BCUT2D eigenvalue weighted by atomic mass is 9.66. The second-order valence-electron chi connectivity index (χ2n) is 9.67. The zero-order chi connectivity index (χ0) is 26.7. The summed E-state index contributed by atoms with van der Waals surface area (Å²) < 4.78 is 22.4. The number of carbonyl (C=O) groups excluding carboxylic acids is 2. The van der Waals surface area contributed by atoms with Crippen molar-refractivity contribution in [3.8, 4) is 17.2 Å². The van der Waals surface area contributed by atoms with Gasteiger partial charge in [0.1, 0.15) is 11.5 Å². The van der Waals surface area contributed by atoms with Gasteiger partial charge in [-0.05, 0) is 63.8 Å². The summed E-state index contributed by atoms with van der Waals surface area (Å²) >= 11 is 0. The van der Waals surface area contributed by atoms with Crippen LogP contribution in [-0.2, 0) is 14.3 Å². The summed E-state index contributed by atoms with van der Waals surface area (Å²) in [6, 6.07) is 13.4. The summed E-state index contributed by atoms with van der Waals surface area (Å²) in [5.74, 6) is 0.386. The topological polar surface area (TPSA) is 83.4 Å². The minimum absolute atomic E-state index is 0.0448. The van der Waals surface area contributed by atoms with Gasteiger partial charge < -0.3 is 18.9 Å². The van der Waals surface area contributed by atoms with E-state index in [1.807, 2.05) is 70.2 Å². The summed E-state index contributed by atoms with van der Waals surface area (Å²) in [5, 5.41) is 0. The van der Waals surface area contributed by atoms with Crippen LogP contribution in [0, 0.1) is 5.92 Å². The van der Waals surface area contributed by atoms with E-state index in [0.29, 0.717) is 48.0 Å². The molecule has 0 saturated heterocycles. The monoisotopic (exact) mass is 505 g/mol. The third-order valence-electron chi connectivity index (χ3n) is 6.95. The number of hydrogen-bond donors (Lipinski definition) is 0. The molecule has 2 aliphatic rings. The van der Waals surface area contributed by atoms with Crippen LogP contribution in [0.4, 0.5) is 0 Å². The Morgan fingerprint density at radius 1 is 1.00 bits per heavy atom. The first kappa shape index (κ1) is 26.5. The second kappa shape index (κ2) is 11.2. The van der Waals surface area contributed by atoms with Crippen LogP contribution in [0.25, 0.3) is 0 Å². The highest BCUT2D eigenvalue weighted by Crippen LogP contribution is 2.48. The Morgan fingerprint density at radius 2 is 1.73 bits per heavy atom. The molecule has 0 spiro atoms. The van der Waals surface area contributed by atoms with Crippen molar-refractivity contribution in [2.45, 2.75) is 58.5 Å². The molecule has 7 nitrogen and oxygen atoms in total. The average molecular weight is 506 g/mol. The van der Waals surface area contributed by atoms with Crippen molar-refractivity contribution in [2.75, 3.05) is 20.8 Å². The van der Waals surface area contributed by atoms with E-state index in [4.69, 9.17) is 23.9 Å². The summed E-state index contributed by atoms with van der Waals surface area (Å²) in [5.41, 5.74) is 3.58. The number of methoxy groups -OCH3 is 2. The summed E-state index contributed by atoms with van der Waals surface area (Å²) in [4.78, 5) is 32.1. The molecule has 7 heteroatoms. The molecular weight excluding hydrogens is 470 g/mol. The average Bonchev–Trinajstić information content (AvgIpc) is 2.87. The predicted octanol–water partition coefficient (Wildman–Crippen LogP) is 5.63. The molecular formula is C30H35NO6. The highest BCUT2D eigenvalue weighted by Gasteiger charge is 2.47. The molecule has 3 atom stereocenters. The Morgan fingerprint density at radius 3 is 2.41 bits per heavy atom. The van der Waals surface area contributed by atoms with Crippen LogP contribution in [0.1, 0.15) is 63.5 Å². The predicted molar refractivity (Wildman–Crippen MR) is 142 cm³/mol. The van der Waals surface area contributed by atoms with Gasteiger partial charge in [-0.3, -0.25) is 9.79 Å². The second-order valence-corrected chi connectivity index (χ2v) is 9.67. The van der Waals surface area contributed by atoms with E-state index in [0.717, 1.165) is 16.8 Å². The first-order valence-electron chi connectivity index (χ1n) is 12.7. The zero-order valence-electron chi connectivity index (χ0n) is 22.4. The number of esters is 1. The van der Waals surface area contributed by atoms with E-state index < -0.39 is 17.8 Å². The van der Waals surface area contributed by atoms with E-state index in [9.17, 15) is 9.59 Å². The molecule has 2 aromatic rings. The molecule has 1 heterocycles. The van der Waals surface area contributed by atoms with Crippen LogP contribution in [0.5, 0.6) is 17.2 Å². The molecule has 1 aliphatic heterocycles. The molecule has 2 aromatic carbocycles. The molecule has 0 bridgehead atoms. The number of nitrogens with zero attached hydrogens (tertiary/aromatic N) is 1.